The second-order valence-corrected chi connectivity index (χ2v) is 7.48. The lowest BCUT2D eigenvalue weighted by Gasteiger charge is -2.44. The van der Waals surface area contributed by atoms with Gasteiger partial charge in [-0.3, -0.25) is 14.5 Å². The first-order chi connectivity index (χ1) is 13.9. The van der Waals surface area contributed by atoms with E-state index in [1.165, 1.54) is 17.2 Å². The highest BCUT2D eigenvalue weighted by molar-refractivity contribution is 6.30. The van der Waals surface area contributed by atoms with Crippen LogP contribution in [0, 0.1) is 0 Å². The van der Waals surface area contributed by atoms with Crippen LogP contribution in [0.5, 0.6) is 0 Å². The SMILES string of the molecule is O=C([O-])[C@H]1COC2(CCN(C(=O)c3ccc(Cl)cc3)CC2)N1C(=O)c1ccco1. The van der Waals surface area contributed by atoms with Crippen molar-refractivity contribution in [2.45, 2.75) is 24.6 Å². The molecule has 9 heteroatoms. The van der Waals surface area contributed by atoms with Crippen LogP contribution in [0.25, 0.3) is 0 Å². The monoisotopic (exact) mass is 417 g/mol. The Morgan fingerprint density at radius 3 is 2.34 bits per heavy atom. The average Bonchev–Trinajstić information content (AvgIpc) is 3.37. The van der Waals surface area contributed by atoms with Gasteiger partial charge in [0, 0.05) is 36.5 Å². The molecule has 2 aromatic rings. The standard InChI is InChI=1S/C20H19ClN2O6/c21-14-5-3-13(4-6-14)17(24)22-9-7-20(8-10-22)23(15(12-29-20)19(26)27)18(25)16-2-1-11-28-16/h1-6,11,15H,7-10,12H2,(H,26,27)/p-1/t15-/m1/s1. The molecule has 2 saturated heterocycles. The third-order valence-corrected chi connectivity index (χ3v) is 5.66. The van der Waals surface area contributed by atoms with E-state index in [1.54, 1.807) is 35.2 Å². The van der Waals surface area contributed by atoms with E-state index in [1.807, 2.05) is 0 Å². The second-order valence-electron chi connectivity index (χ2n) is 7.04. The van der Waals surface area contributed by atoms with Gasteiger partial charge < -0.3 is 24.0 Å². The number of ether oxygens (including phenoxy) is 1. The summed E-state index contributed by atoms with van der Waals surface area (Å²) in [6.07, 6.45) is 1.91. The molecule has 2 aliphatic heterocycles. The summed E-state index contributed by atoms with van der Waals surface area (Å²) in [5, 5.41) is 12.1. The van der Waals surface area contributed by atoms with Gasteiger partial charge in [-0.1, -0.05) is 11.6 Å². The fraction of sp³-hybridized carbons (Fsp3) is 0.350. The molecule has 1 spiro atoms. The van der Waals surface area contributed by atoms with Crippen LogP contribution in [-0.2, 0) is 9.53 Å². The fourth-order valence-corrected chi connectivity index (χ4v) is 4.03. The Labute approximate surface area is 171 Å². The van der Waals surface area contributed by atoms with Crippen molar-refractivity contribution >= 4 is 29.4 Å². The summed E-state index contributed by atoms with van der Waals surface area (Å²) in [5.41, 5.74) is -0.611. The predicted octanol–water partition coefficient (Wildman–Crippen LogP) is 1.16. The van der Waals surface area contributed by atoms with Crippen molar-refractivity contribution in [3.05, 3.63) is 59.0 Å². The fourth-order valence-electron chi connectivity index (χ4n) is 3.90. The summed E-state index contributed by atoms with van der Waals surface area (Å²) in [7, 11) is 0. The van der Waals surface area contributed by atoms with Crippen LogP contribution in [0.2, 0.25) is 5.02 Å². The number of hydrogen-bond donors (Lipinski definition) is 0. The van der Waals surface area contributed by atoms with Gasteiger partial charge in [-0.25, -0.2) is 0 Å². The van der Waals surface area contributed by atoms with Gasteiger partial charge in [-0.15, -0.1) is 0 Å². The molecule has 2 amide bonds. The summed E-state index contributed by atoms with van der Waals surface area (Å²) in [6, 6.07) is 8.41. The number of carboxylic acids is 1. The highest BCUT2D eigenvalue weighted by Gasteiger charge is 2.53. The van der Waals surface area contributed by atoms with Crippen molar-refractivity contribution in [1.29, 1.82) is 0 Å². The zero-order valence-electron chi connectivity index (χ0n) is 15.4. The van der Waals surface area contributed by atoms with E-state index in [0.29, 0.717) is 23.7 Å². The third kappa shape index (κ3) is 3.49. The van der Waals surface area contributed by atoms with Crippen molar-refractivity contribution in [2.24, 2.45) is 0 Å². The first-order valence-electron chi connectivity index (χ1n) is 9.18. The molecule has 0 radical (unpaired) electrons. The zero-order chi connectivity index (χ0) is 20.6. The van der Waals surface area contributed by atoms with Crippen LogP contribution >= 0.6 is 11.6 Å². The number of aliphatic carboxylic acids is 1. The number of rotatable bonds is 3. The van der Waals surface area contributed by atoms with E-state index in [0.717, 1.165) is 0 Å². The summed E-state index contributed by atoms with van der Waals surface area (Å²) in [4.78, 5) is 40.1. The van der Waals surface area contributed by atoms with E-state index in [-0.39, 0.29) is 31.1 Å². The highest BCUT2D eigenvalue weighted by atomic mass is 35.5. The predicted molar refractivity (Wildman–Crippen MR) is 98.9 cm³/mol. The minimum absolute atomic E-state index is 0.0285. The van der Waals surface area contributed by atoms with E-state index in [2.05, 4.69) is 0 Å². The number of nitrogens with zero attached hydrogens (tertiary/aromatic N) is 2. The molecule has 8 nitrogen and oxygen atoms in total. The van der Waals surface area contributed by atoms with Crippen molar-refractivity contribution in [2.75, 3.05) is 19.7 Å². The molecule has 0 aliphatic carbocycles. The molecule has 1 atom stereocenters. The molecule has 0 N–H and O–H groups in total. The summed E-state index contributed by atoms with van der Waals surface area (Å²) in [6.45, 7) is 0.451. The molecule has 3 heterocycles. The number of carboxylic acid groups (broad SMARTS) is 1. The second kappa shape index (κ2) is 7.53. The molecule has 0 bridgehead atoms. The van der Waals surface area contributed by atoms with Gasteiger partial charge in [0.05, 0.1) is 24.9 Å². The Hall–Kier alpha value is -2.84. The first kappa shape index (κ1) is 19.5. The van der Waals surface area contributed by atoms with E-state index in [9.17, 15) is 19.5 Å². The van der Waals surface area contributed by atoms with E-state index >= 15 is 0 Å². The van der Waals surface area contributed by atoms with Crippen LogP contribution in [0.1, 0.15) is 33.8 Å². The number of carbonyl (C=O) groups is 3. The van der Waals surface area contributed by atoms with Gasteiger partial charge in [0.2, 0.25) is 0 Å². The lowest BCUT2D eigenvalue weighted by Crippen LogP contribution is -2.60. The summed E-state index contributed by atoms with van der Waals surface area (Å²) < 4.78 is 11.0. The lowest BCUT2D eigenvalue weighted by atomic mass is 9.96. The molecular weight excluding hydrogens is 400 g/mol. The van der Waals surface area contributed by atoms with Crippen LogP contribution in [-0.4, -0.2) is 59.0 Å². The zero-order valence-corrected chi connectivity index (χ0v) is 16.1. The largest absolute Gasteiger partial charge is 0.548 e. The van der Waals surface area contributed by atoms with Gasteiger partial charge >= 0.3 is 0 Å². The maximum Gasteiger partial charge on any atom is 0.292 e. The minimum Gasteiger partial charge on any atom is -0.548 e. The number of carbonyl (C=O) groups excluding carboxylic acids is 3. The minimum atomic E-state index is -1.39. The number of likely N-dealkylation sites (tertiary alicyclic amines) is 1. The Morgan fingerprint density at radius 2 is 1.76 bits per heavy atom. The summed E-state index contributed by atoms with van der Waals surface area (Å²) >= 11 is 5.87. The van der Waals surface area contributed by atoms with Gasteiger partial charge in [0.15, 0.2) is 5.76 Å². The quantitative estimate of drug-likeness (QED) is 0.742. The Balaban J connectivity index is 1.53. The summed E-state index contributed by atoms with van der Waals surface area (Å²) in [5.74, 6) is -2.09. The molecular formula is C20H18ClN2O6-. The number of benzene rings is 1. The van der Waals surface area contributed by atoms with Crippen LogP contribution < -0.4 is 5.11 Å². The molecule has 29 heavy (non-hydrogen) atoms. The molecule has 4 rings (SSSR count). The number of amides is 2. The average molecular weight is 418 g/mol. The number of piperidine rings is 1. The molecule has 0 unspecified atom stereocenters. The molecule has 0 saturated carbocycles. The Bertz CT molecular complexity index is 919. The molecule has 1 aromatic heterocycles. The van der Waals surface area contributed by atoms with Crippen molar-refractivity contribution < 1.29 is 28.6 Å². The molecule has 2 fully saturated rings. The van der Waals surface area contributed by atoms with Crippen LogP contribution in [0.15, 0.2) is 47.1 Å². The Kier molecular flexibility index (Phi) is 5.06. The Morgan fingerprint density at radius 1 is 1.07 bits per heavy atom. The maximum absolute atomic E-state index is 12.9. The number of furan rings is 1. The van der Waals surface area contributed by atoms with Gasteiger partial charge in [0.1, 0.15) is 5.72 Å². The lowest BCUT2D eigenvalue weighted by molar-refractivity contribution is -0.310. The van der Waals surface area contributed by atoms with Gasteiger partial charge in [-0.2, -0.15) is 0 Å². The normalized spacial score (nSPS) is 20.8. The first-order valence-corrected chi connectivity index (χ1v) is 9.56. The molecule has 1 aromatic carbocycles. The van der Waals surface area contributed by atoms with Crippen molar-refractivity contribution in [3.63, 3.8) is 0 Å². The van der Waals surface area contributed by atoms with E-state index in [4.69, 9.17) is 20.8 Å². The van der Waals surface area contributed by atoms with Crippen molar-refractivity contribution in [3.8, 4) is 0 Å². The van der Waals surface area contributed by atoms with Gasteiger partial charge in [-0.05, 0) is 36.4 Å². The number of hydrogen-bond acceptors (Lipinski definition) is 6. The molecule has 2 aliphatic rings. The smallest absolute Gasteiger partial charge is 0.292 e. The number of halogens is 1. The molecule has 152 valence electrons. The van der Waals surface area contributed by atoms with Crippen LogP contribution in [0.4, 0.5) is 0 Å². The van der Waals surface area contributed by atoms with Crippen molar-refractivity contribution in [1.82, 2.24) is 9.80 Å². The topological polar surface area (TPSA) is 103 Å². The van der Waals surface area contributed by atoms with E-state index < -0.39 is 23.6 Å². The third-order valence-electron chi connectivity index (χ3n) is 5.41. The van der Waals surface area contributed by atoms with Gasteiger partial charge in [0.25, 0.3) is 11.8 Å². The van der Waals surface area contributed by atoms with Crippen LogP contribution in [0.3, 0.4) is 0 Å². The maximum atomic E-state index is 12.9. The highest BCUT2D eigenvalue weighted by Crippen LogP contribution is 2.38.